The van der Waals surface area contributed by atoms with Gasteiger partial charge in [-0.25, -0.2) is 0 Å². The van der Waals surface area contributed by atoms with E-state index < -0.39 is 5.97 Å². The van der Waals surface area contributed by atoms with Crippen LogP contribution in [0.4, 0.5) is 0 Å². The summed E-state index contributed by atoms with van der Waals surface area (Å²) >= 11 is 1.60. The zero-order valence-corrected chi connectivity index (χ0v) is 11.6. The van der Waals surface area contributed by atoms with Crippen LogP contribution in [0.25, 0.3) is 0 Å². The van der Waals surface area contributed by atoms with Crippen LogP contribution in [-0.2, 0) is 17.8 Å². The van der Waals surface area contributed by atoms with Gasteiger partial charge in [-0.3, -0.25) is 4.79 Å². The van der Waals surface area contributed by atoms with E-state index in [0.717, 1.165) is 17.3 Å². The van der Waals surface area contributed by atoms with Gasteiger partial charge in [-0.15, -0.1) is 11.3 Å². The lowest BCUT2D eigenvalue weighted by Gasteiger charge is -2.19. The highest BCUT2D eigenvalue weighted by molar-refractivity contribution is 7.12. The summed E-state index contributed by atoms with van der Waals surface area (Å²) in [6.07, 6.45) is 5.59. The highest BCUT2D eigenvalue weighted by Crippen LogP contribution is 2.27. The highest BCUT2D eigenvalue weighted by atomic mass is 32.1. The molecule has 3 nitrogen and oxygen atoms in total. The third-order valence-electron chi connectivity index (χ3n) is 3.75. The van der Waals surface area contributed by atoms with Gasteiger partial charge in [0.15, 0.2) is 0 Å². The van der Waals surface area contributed by atoms with Crippen LogP contribution in [0.5, 0.6) is 0 Å². The predicted octanol–water partition coefficient (Wildman–Crippen LogP) is 3.04. The molecule has 1 fully saturated rings. The van der Waals surface area contributed by atoms with Crippen molar-refractivity contribution >= 4 is 17.3 Å². The van der Waals surface area contributed by atoms with Gasteiger partial charge in [-0.1, -0.05) is 12.8 Å². The molecule has 1 saturated carbocycles. The van der Waals surface area contributed by atoms with E-state index in [1.165, 1.54) is 30.6 Å². The number of thiophene rings is 1. The molecule has 1 atom stereocenters. The molecule has 0 bridgehead atoms. The van der Waals surface area contributed by atoms with E-state index in [9.17, 15) is 4.79 Å². The number of hydrogen-bond acceptors (Lipinski definition) is 3. The fourth-order valence-electron chi connectivity index (χ4n) is 2.65. The Labute approximate surface area is 112 Å². The molecule has 1 aromatic rings. The van der Waals surface area contributed by atoms with Crippen LogP contribution in [0.1, 0.15) is 42.4 Å². The van der Waals surface area contributed by atoms with Crippen molar-refractivity contribution in [3.05, 3.63) is 21.9 Å². The van der Waals surface area contributed by atoms with Crippen molar-refractivity contribution in [2.45, 2.75) is 51.6 Å². The molecule has 0 aliphatic heterocycles. The molecule has 0 aromatic carbocycles. The SMILES string of the molecule is CC(NCc1ccc(CC(=O)O)s1)C1CCCC1. The van der Waals surface area contributed by atoms with Gasteiger partial charge in [0.1, 0.15) is 0 Å². The number of nitrogens with one attached hydrogen (secondary N) is 1. The van der Waals surface area contributed by atoms with Crippen molar-refractivity contribution in [2.24, 2.45) is 5.92 Å². The molecule has 0 spiro atoms. The zero-order valence-electron chi connectivity index (χ0n) is 10.8. The van der Waals surface area contributed by atoms with E-state index in [1.807, 2.05) is 12.1 Å². The van der Waals surface area contributed by atoms with Crippen LogP contribution >= 0.6 is 11.3 Å². The first kappa shape index (κ1) is 13.6. The van der Waals surface area contributed by atoms with Gasteiger partial charge < -0.3 is 10.4 Å². The molecule has 1 unspecified atom stereocenters. The van der Waals surface area contributed by atoms with E-state index in [2.05, 4.69) is 12.2 Å². The van der Waals surface area contributed by atoms with Gasteiger partial charge in [-0.2, -0.15) is 0 Å². The minimum Gasteiger partial charge on any atom is -0.481 e. The summed E-state index contributed by atoms with van der Waals surface area (Å²) < 4.78 is 0. The summed E-state index contributed by atoms with van der Waals surface area (Å²) in [5, 5.41) is 12.3. The van der Waals surface area contributed by atoms with E-state index in [1.54, 1.807) is 11.3 Å². The van der Waals surface area contributed by atoms with Crippen LogP contribution < -0.4 is 5.32 Å². The summed E-state index contributed by atoms with van der Waals surface area (Å²) in [5.41, 5.74) is 0. The van der Waals surface area contributed by atoms with E-state index >= 15 is 0 Å². The Morgan fingerprint density at radius 3 is 2.78 bits per heavy atom. The van der Waals surface area contributed by atoms with Crippen LogP contribution in [0.3, 0.4) is 0 Å². The summed E-state index contributed by atoms with van der Waals surface area (Å²) in [6, 6.07) is 4.53. The van der Waals surface area contributed by atoms with E-state index in [4.69, 9.17) is 5.11 Å². The minimum atomic E-state index is -0.754. The highest BCUT2D eigenvalue weighted by Gasteiger charge is 2.20. The number of aliphatic carboxylic acids is 1. The van der Waals surface area contributed by atoms with Crippen molar-refractivity contribution in [1.29, 1.82) is 0 Å². The molecule has 1 aromatic heterocycles. The lowest BCUT2D eigenvalue weighted by atomic mass is 10.00. The van der Waals surface area contributed by atoms with Crippen LogP contribution in [0, 0.1) is 5.92 Å². The molecule has 1 heterocycles. The Morgan fingerprint density at radius 2 is 2.11 bits per heavy atom. The van der Waals surface area contributed by atoms with E-state index in [-0.39, 0.29) is 6.42 Å². The molecule has 0 radical (unpaired) electrons. The Morgan fingerprint density at radius 1 is 1.44 bits per heavy atom. The lowest BCUT2D eigenvalue weighted by Crippen LogP contribution is -2.31. The maximum absolute atomic E-state index is 10.6. The molecule has 0 saturated heterocycles. The van der Waals surface area contributed by atoms with Crippen LogP contribution in [0.2, 0.25) is 0 Å². The molecule has 2 N–H and O–H groups in total. The Bertz CT molecular complexity index is 396. The molecule has 0 amide bonds. The first-order chi connectivity index (χ1) is 8.65. The van der Waals surface area contributed by atoms with Gasteiger partial charge in [-0.05, 0) is 37.8 Å². The Balaban J connectivity index is 1.78. The average molecular weight is 267 g/mol. The number of hydrogen-bond donors (Lipinski definition) is 2. The van der Waals surface area contributed by atoms with Gasteiger partial charge in [0.05, 0.1) is 6.42 Å². The predicted molar refractivity (Wildman–Crippen MR) is 73.9 cm³/mol. The van der Waals surface area contributed by atoms with Crippen molar-refractivity contribution in [2.75, 3.05) is 0 Å². The Hall–Kier alpha value is -0.870. The van der Waals surface area contributed by atoms with Crippen molar-refractivity contribution in [3.8, 4) is 0 Å². The second kappa shape index (κ2) is 6.34. The van der Waals surface area contributed by atoms with Crippen LogP contribution in [-0.4, -0.2) is 17.1 Å². The summed E-state index contributed by atoms with van der Waals surface area (Å²) in [5.74, 6) is 0.0686. The third-order valence-corrected chi connectivity index (χ3v) is 4.83. The molecule has 4 heteroatoms. The second-order valence-corrected chi connectivity index (χ2v) is 6.41. The maximum Gasteiger partial charge on any atom is 0.308 e. The largest absolute Gasteiger partial charge is 0.481 e. The molecule has 2 rings (SSSR count). The number of carbonyl (C=O) groups is 1. The smallest absolute Gasteiger partial charge is 0.308 e. The first-order valence-electron chi connectivity index (χ1n) is 6.68. The molecular formula is C14H21NO2S. The summed E-state index contributed by atoms with van der Waals surface area (Å²) in [4.78, 5) is 12.8. The average Bonchev–Trinajstić information content (AvgIpc) is 2.95. The second-order valence-electron chi connectivity index (χ2n) is 5.15. The fourth-order valence-corrected chi connectivity index (χ4v) is 3.61. The fraction of sp³-hybridized carbons (Fsp3) is 0.643. The van der Waals surface area contributed by atoms with Gasteiger partial charge >= 0.3 is 5.97 Å². The third kappa shape index (κ3) is 3.82. The lowest BCUT2D eigenvalue weighted by molar-refractivity contribution is -0.136. The van der Waals surface area contributed by atoms with Crippen molar-refractivity contribution < 1.29 is 9.90 Å². The van der Waals surface area contributed by atoms with Gasteiger partial charge in [0, 0.05) is 22.3 Å². The maximum atomic E-state index is 10.6. The molecule has 100 valence electrons. The number of rotatable bonds is 6. The van der Waals surface area contributed by atoms with Gasteiger partial charge in [0.25, 0.3) is 0 Å². The minimum absolute atomic E-state index is 0.142. The topological polar surface area (TPSA) is 49.3 Å². The molecular weight excluding hydrogens is 246 g/mol. The zero-order chi connectivity index (χ0) is 13.0. The van der Waals surface area contributed by atoms with Gasteiger partial charge in [0.2, 0.25) is 0 Å². The normalized spacial score (nSPS) is 18.1. The number of carboxylic acids is 1. The molecule has 18 heavy (non-hydrogen) atoms. The molecule has 1 aliphatic carbocycles. The quantitative estimate of drug-likeness (QED) is 0.833. The summed E-state index contributed by atoms with van der Waals surface area (Å²) in [7, 11) is 0. The number of carboxylic acid groups (broad SMARTS) is 1. The van der Waals surface area contributed by atoms with Crippen molar-refractivity contribution in [3.63, 3.8) is 0 Å². The summed E-state index contributed by atoms with van der Waals surface area (Å²) in [6.45, 7) is 3.13. The van der Waals surface area contributed by atoms with E-state index in [0.29, 0.717) is 6.04 Å². The first-order valence-corrected chi connectivity index (χ1v) is 7.49. The van der Waals surface area contributed by atoms with Crippen LogP contribution in [0.15, 0.2) is 12.1 Å². The molecule has 1 aliphatic rings. The van der Waals surface area contributed by atoms with Crippen molar-refractivity contribution in [1.82, 2.24) is 5.32 Å². The standard InChI is InChI=1S/C14H21NO2S/c1-10(11-4-2-3-5-11)15-9-13-7-6-12(18-13)8-14(16)17/h6-7,10-11,15H,2-5,8-9H2,1H3,(H,16,17). The Kier molecular flexibility index (Phi) is 4.78. The monoisotopic (exact) mass is 267 g/mol.